The number of carbonyl (C=O) groups is 1. The smallest absolute Gasteiger partial charge is 0.322 e. The number of rotatable bonds is 6. The van der Waals surface area contributed by atoms with Crippen molar-refractivity contribution >= 4 is 46.9 Å². The Morgan fingerprint density at radius 1 is 1.15 bits per heavy atom. The predicted molar refractivity (Wildman–Crippen MR) is 104 cm³/mol. The third kappa shape index (κ3) is 4.78. The highest BCUT2D eigenvalue weighted by atomic mass is 35.5. The lowest BCUT2D eigenvalue weighted by molar-refractivity contribution is 0.102. The maximum Gasteiger partial charge on any atom is 0.322 e. The summed E-state index contributed by atoms with van der Waals surface area (Å²) in [6, 6.07) is 12.8. The molecule has 26 heavy (non-hydrogen) atoms. The number of nitrogens with one attached hydrogen (secondary N) is 1. The van der Waals surface area contributed by atoms with Crippen molar-refractivity contribution in [3.63, 3.8) is 0 Å². The van der Waals surface area contributed by atoms with Crippen LogP contribution in [0.1, 0.15) is 28.7 Å². The molecule has 0 atom stereocenters. The van der Waals surface area contributed by atoms with Crippen molar-refractivity contribution in [2.75, 3.05) is 11.1 Å². The fraction of sp³-hybridized carbons (Fsp3) is 0.167. The Bertz CT molecular complexity index is 913. The maximum absolute atomic E-state index is 12.2. The van der Waals surface area contributed by atoms with E-state index in [1.54, 1.807) is 17.8 Å². The zero-order valence-corrected chi connectivity index (χ0v) is 16.2. The number of anilines is 1. The SMILES string of the molecule is CCSc1ccc(Cc2nnc(NC(=O)c3ccc(Cl)cc3Cl)o2)cc1. The molecular weight excluding hydrogens is 393 g/mol. The second-order valence-corrected chi connectivity index (χ2v) is 7.51. The van der Waals surface area contributed by atoms with E-state index in [1.165, 1.54) is 17.0 Å². The number of amides is 1. The van der Waals surface area contributed by atoms with E-state index < -0.39 is 5.91 Å². The number of nitrogens with zero attached hydrogens (tertiary/aromatic N) is 2. The summed E-state index contributed by atoms with van der Waals surface area (Å²) in [7, 11) is 0. The molecular formula is C18H15Cl2N3O2S. The van der Waals surface area contributed by atoms with Crippen LogP contribution in [0.25, 0.3) is 0 Å². The summed E-state index contributed by atoms with van der Waals surface area (Å²) in [4.78, 5) is 13.5. The van der Waals surface area contributed by atoms with Gasteiger partial charge in [-0.3, -0.25) is 10.1 Å². The first kappa shape index (κ1) is 18.8. The normalized spacial score (nSPS) is 10.7. The first-order valence-corrected chi connectivity index (χ1v) is 9.60. The van der Waals surface area contributed by atoms with E-state index in [4.69, 9.17) is 27.6 Å². The molecule has 134 valence electrons. The molecule has 0 bridgehead atoms. The number of carbonyl (C=O) groups excluding carboxylic acids is 1. The van der Waals surface area contributed by atoms with Crippen LogP contribution < -0.4 is 5.32 Å². The van der Waals surface area contributed by atoms with Gasteiger partial charge in [-0.25, -0.2) is 0 Å². The van der Waals surface area contributed by atoms with Gasteiger partial charge in [-0.1, -0.05) is 47.4 Å². The second-order valence-electron chi connectivity index (χ2n) is 5.33. The lowest BCUT2D eigenvalue weighted by atomic mass is 10.1. The molecule has 0 saturated heterocycles. The molecule has 5 nitrogen and oxygen atoms in total. The van der Waals surface area contributed by atoms with E-state index in [0.29, 0.717) is 17.3 Å². The Kier molecular flexibility index (Phi) is 6.19. The minimum Gasteiger partial charge on any atom is -0.407 e. The number of halogens is 2. The summed E-state index contributed by atoms with van der Waals surface area (Å²) in [6.07, 6.45) is 0.488. The van der Waals surface area contributed by atoms with Gasteiger partial charge in [0.2, 0.25) is 5.89 Å². The Labute approximate surface area is 165 Å². The van der Waals surface area contributed by atoms with Crippen LogP contribution in [-0.2, 0) is 6.42 Å². The molecule has 0 aliphatic heterocycles. The lowest BCUT2D eigenvalue weighted by Crippen LogP contribution is -2.12. The zero-order valence-electron chi connectivity index (χ0n) is 13.8. The van der Waals surface area contributed by atoms with Crippen LogP contribution in [-0.4, -0.2) is 21.9 Å². The van der Waals surface area contributed by atoms with Crippen LogP contribution >= 0.6 is 35.0 Å². The van der Waals surface area contributed by atoms with Gasteiger partial charge in [-0.15, -0.1) is 16.9 Å². The minimum absolute atomic E-state index is 0.0224. The quantitative estimate of drug-likeness (QED) is 0.559. The summed E-state index contributed by atoms with van der Waals surface area (Å²) in [6.45, 7) is 2.12. The van der Waals surface area contributed by atoms with Crippen molar-refractivity contribution < 1.29 is 9.21 Å². The summed E-state index contributed by atoms with van der Waals surface area (Å²) >= 11 is 13.6. The largest absolute Gasteiger partial charge is 0.407 e. The van der Waals surface area contributed by atoms with Crippen LogP contribution in [0, 0.1) is 0 Å². The Hall–Kier alpha value is -2.02. The fourth-order valence-corrected chi connectivity index (χ4v) is 3.41. The third-order valence-electron chi connectivity index (χ3n) is 3.45. The van der Waals surface area contributed by atoms with Gasteiger partial charge in [0.1, 0.15) is 0 Å². The Balaban J connectivity index is 1.65. The molecule has 1 amide bonds. The minimum atomic E-state index is -0.442. The average molecular weight is 408 g/mol. The van der Waals surface area contributed by atoms with Gasteiger partial charge in [-0.05, 0) is 41.6 Å². The lowest BCUT2D eigenvalue weighted by Gasteiger charge is -2.03. The summed E-state index contributed by atoms with van der Waals surface area (Å²) < 4.78 is 5.49. The maximum atomic E-state index is 12.2. The molecule has 0 spiro atoms. The summed E-state index contributed by atoms with van der Waals surface area (Å²) in [5, 5.41) is 11.1. The molecule has 0 fully saturated rings. The molecule has 0 unspecified atom stereocenters. The highest BCUT2D eigenvalue weighted by Gasteiger charge is 2.15. The molecule has 0 saturated carbocycles. The van der Waals surface area contributed by atoms with Crippen LogP contribution in [0.2, 0.25) is 10.0 Å². The van der Waals surface area contributed by atoms with Crippen molar-refractivity contribution in [2.24, 2.45) is 0 Å². The van der Waals surface area contributed by atoms with E-state index in [9.17, 15) is 4.79 Å². The number of hydrogen-bond donors (Lipinski definition) is 1. The summed E-state index contributed by atoms with van der Waals surface area (Å²) in [5.74, 6) is 1.00. The topological polar surface area (TPSA) is 68.0 Å². The monoisotopic (exact) mass is 407 g/mol. The molecule has 1 N–H and O–H groups in total. The van der Waals surface area contributed by atoms with Crippen molar-refractivity contribution in [1.29, 1.82) is 0 Å². The number of aromatic nitrogens is 2. The van der Waals surface area contributed by atoms with Gasteiger partial charge in [0.15, 0.2) is 0 Å². The van der Waals surface area contributed by atoms with Crippen molar-refractivity contribution in [2.45, 2.75) is 18.2 Å². The van der Waals surface area contributed by atoms with Gasteiger partial charge in [0.05, 0.1) is 17.0 Å². The van der Waals surface area contributed by atoms with Crippen LogP contribution in [0.5, 0.6) is 0 Å². The molecule has 2 aromatic carbocycles. The molecule has 0 radical (unpaired) electrons. The second kappa shape index (κ2) is 8.58. The first-order valence-electron chi connectivity index (χ1n) is 7.85. The van der Waals surface area contributed by atoms with Gasteiger partial charge >= 0.3 is 6.01 Å². The van der Waals surface area contributed by atoms with E-state index >= 15 is 0 Å². The standard InChI is InChI=1S/C18H15Cl2N3O2S/c1-2-26-13-6-3-11(4-7-13)9-16-22-23-18(25-16)21-17(24)14-8-5-12(19)10-15(14)20/h3-8,10H,2,9H2,1H3,(H,21,23,24). The molecule has 1 aromatic heterocycles. The van der Waals surface area contributed by atoms with Crippen molar-refractivity contribution in [1.82, 2.24) is 10.2 Å². The van der Waals surface area contributed by atoms with Crippen LogP contribution in [0.15, 0.2) is 51.8 Å². The Morgan fingerprint density at radius 3 is 2.62 bits per heavy atom. The van der Waals surface area contributed by atoms with Crippen LogP contribution in [0.3, 0.4) is 0 Å². The molecule has 0 aliphatic carbocycles. The molecule has 0 aliphatic rings. The summed E-state index contributed by atoms with van der Waals surface area (Å²) in [5.41, 5.74) is 1.33. The average Bonchev–Trinajstić information content (AvgIpc) is 3.03. The van der Waals surface area contributed by atoms with E-state index in [0.717, 1.165) is 11.3 Å². The van der Waals surface area contributed by atoms with Crippen molar-refractivity contribution in [3.05, 3.63) is 69.5 Å². The van der Waals surface area contributed by atoms with Gasteiger partial charge in [0, 0.05) is 9.92 Å². The zero-order chi connectivity index (χ0) is 18.5. The number of benzene rings is 2. The molecule has 3 rings (SSSR count). The van der Waals surface area contributed by atoms with E-state index in [1.807, 2.05) is 12.1 Å². The molecule has 3 aromatic rings. The fourth-order valence-electron chi connectivity index (χ4n) is 2.26. The Morgan fingerprint density at radius 2 is 1.92 bits per heavy atom. The predicted octanol–water partition coefficient (Wildman–Crippen LogP) is 5.33. The van der Waals surface area contributed by atoms with E-state index in [-0.39, 0.29) is 16.6 Å². The highest BCUT2D eigenvalue weighted by molar-refractivity contribution is 7.99. The molecule has 8 heteroatoms. The van der Waals surface area contributed by atoms with Gasteiger partial charge in [0.25, 0.3) is 5.91 Å². The van der Waals surface area contributed by atoms with Crippen LogP contribution in [0.4, 0.5) is 6.01 Å². The first-order chi connectivity index (χ1) is 12.5. The highest BCUT2D eigenvalue weighted by Crippen LogP contribution is 2.22. The van der Waals surface area contributed by atoms with Crippen molar-refractivity contribution in [3.8, 4) is 0 Å². The molecule has 1 heterocycles. The van der Waals surface area contributed by atoms with Gasteiger partial charge < -0.3 is 4.42 Å². The van der Waals surface area contributed by atoms with Gasteiger partial charge in [-0.2, -0.15) is 0 Å². The van der Waals surface area contributed by atoms with E-state index in [2.05, 4.69) is 34.6 Å². The number of hydrogen-bond acceptors (Lipinski definition) is 5. The number of thioether (sulfide) groups is 1. The third-order valence-corrected chi connectivity index (χ3v) is 4.89.